The fourth-order valence-corrected chi connectivity index (χ4v) is 4.61. The van der Waals surface area contributed by atoms with Gasteiger partial charge in [-0.25, -0.2) is 0 Å². The summed E-state index contributed by atoms with van der Waals surface area (Å²) in [4.78, 5) is 25.3. The lowest BCUT2D eigenvalue weighted by atomic mass is 10.00. The normalized spacial score (nSPS) is 11.5. The van der Waals surface area contributed by atoms with Crippen LogP contribution in [0.1, 0.15) is 71.9 Å². The van der Waals surface area contributed by atoms with Gasteiger partial charge in [0.1, 0.15) is 0 Å². The van der Waals surface area contributed by atoms with Gasteiger partial charge in [-0.3, -0.25) is 9.59 Å². The molecule has 2 aromatic carbocycles. The molecule has 0 amide bonds. The zero-order valence-corrected chi connectivity index (χ0v) is 21.9. The highest BCUT2D eigenvalue weighted by Gasteiger charge is 2.17. The second-order valence-corrected chi connectivity index (χ2v) is 9.79. The van der Waals surface area contributed by atoms with Crippen molar-refractivity contribution >= 4 is 29.4 Å². The van der Waals surface area contributed by atoms with Crippen LogP contribution in [0.25, 0.3) is 17.7 Å². The Morgan fingerprint density at radius 2 is 1.70 bits per heavy atom. The standard InChI is InChI=1S/C33H35NO3/c1-4-37-32(35)13-8-11-29-23-30(31-12-5-6-20-34(29)31)33(36)28-10-7-9-26(22-28)17-14-25-15-18-27(19-16-25)21-24(2)3/h5-7,9-10,12,14-20,22-24H,4,8,11,13,21H2,1-3H3. The van der Waals surface area contributed by atoms with Gasteiger partial charge in [-0.15, -0.1) is 0 Å². The van der Waals surface area contributed by atoms with Crippen molar-refractivity contribution in [3.8, 4) is 0 Å². The number of fused-ring (bicyclic) bond motifs is 1. The van der Waals surface area contributed by atoms with Gasteiger partial charge in [0.15, 0.2) is 5.78 Å². The van der Waals surface area contributed by atoms with Crippen LogP contribution < -0.4 is 0 Å². The van der Waals surface area contributed by atoms with E-state index in [9.17, 15) is 9.59 Å². The van der Waals surface area contributed by atoms with Gasteiger partial charge in [-0.1, -0.05) is 74.5 Å². The first-order chi connectivity index (χ1) is 17.9. The molecule has 0 saturated carbocycles. The minimum Gasteiger partial charge on any atom is -0.466 e. The molecule has 0 spiro atoms. The summed E-state index contributed by atoms with van der Waals surface area (Å²) in [7, 11) is 0. The fraction of sp³-hybridized carbons (Fsp3) is 0.273. The molecule has 4 heteroatoms. The van der Waals surface area contributed by atoms with Gasteiger partial charge in [0, 0.05) is 29.4 Å². The van der Waals surface area contributed by atoms with Crippen LogP contribution in [0, 0.1) is 5.92 Å². The lowest BCUT2D eigenvalue weighted by Gasteiger charge is -2.05. The Balaban J connectivity index is 1.52. The van der Waals surface area contributed by atoms with Crippen LogP contribution in [-0.4, -0.2) is 22.8 Å². The monoisotopic (exact) mass is 493 g/mol. The van der Waals surface area contributed by atoms with E-state index < -0.39 is 0 Å². The first kappa shape index (κ1) is 26.2. The third-order valence-corrected chi connectivity index (χ3v) is 6.36. The zero-order chi connectivity index (χ0) is 26.2. The predicted octanol–water partition coefficient (Wildman–Crippen LogP) is 7.43. The molecule has 0 bridgehead atoms. The number of ether oxygens (including phenoxy) is 1. The van der Waals surface area contributed by atoms with Crippen molar-refractivity contribution in [2.75, 3.05) is 6.61 Å². The van der Waals surface area contributed by atoms with Gasteiger partial charge in [-0.2, -0.15) is 0 Å². The van der Waals surface area contributed by atoms with E-state index in [4.69, 9.17) is 4.74 Å². The van der Waals surface area contributed by atoms with Crippen molar-refractivity contribution < 1.29 is 14.3 Å². The van der Waals surface area contributed by atoms with E-state index in [2.05, 4.69) is 44.2 Å². The number of nitrogens with zero attached hydrogens (tertiary/aromatic N) is 1. The number of rotatable bonds is 11. The largest absolute Gasteiger partial charge is 0.466 e. The molecule has 4 aromatic rings. The summed E-state index contributed by atoms with van der Waals surface area (Å²) in [6.45, 7) is 6.66. The van der Waals surface area contributed by atoms with E-state index in [0.29, 0.717) is 42.9 Å². The zero-order valence-electron chi connectivity index (χ0n) is 21.9. The Bertz CT molecular complexity index is 1390. The molecule has 0 unspecified atom stereocenters. The molecule has 4 rings (SSSR count). The molecule has 0 N–H and O–H groups in total. The number of hydrogen-bond acceptors (Lipinski definition) is 3. The number of ketones is 1. The molecular weight excluding hydrogens is 458 g/mol. The number of aryl methyl sites for hydroxylation is 1. The minimum absolute atomic E-state index is 0.00590. The van der Waals surface area contributed by atoms with E-state index in [1.54, 1.807) is 0 Å². The molecule has 2 aromatic heterocycles. The van der Waals surface area contributed by atoms with Crippen LogP contribution >= 0.6 is 0 Å². The average molecular weight is 494 g/mol. The van der Waals surface area contributed by atoms with Crippen LogP contribution in [-0.2, 0) is 22.4 Å². The molecule has 37 heavy (non-hydrogen) atoms. The van der Waals surface area contributed by atoms with Gasteiger partial charge >= 0.3 is 5.97 Å². The summed E-state index contributed by atoms with van der Waals surface area (Å²) in [5.41, 5.74) is 6.68. The summed E-state index contributed by atoms with van der Waals surface area (Å²) in [6.07, 6.45) is 8.91. The van der Waals surface area contributed by atoms with Crippen LogP contribution in [0.3, 0.4) is 0 Å². The van der Waals surface area contributed by atoms with Crippen LogP contribution in [0.2, 0.25) is 0 Å². The molecule has 4 nitrogen and oxygen atoms in total. The highest BCUT2D eigenvalue weighted by atomic mass is 16.5. The first-order valence-electron chi connectivity index (χ1n) is 13.1. The lowest BCUT2D eigenvalue weighted by Crippen LogP contribution is -2.04. The van der Waals surface area contributed by atoms with Gasteiger partial charge in [0.05, 0.1) is 12.1 Å². The molecule has 0 aliphatic rings. The Hall–Kier alpha value is -3.92. The Labute approximate surface area is 219 Å². The van der Waals surface area contributed by atoms with Crippen molar-refractivity contribution in [1.82, 2.24) is 4.40 Å². The highest BCUT2D eigenvalue weighted by molar-refractivity contribution is 6.13. The molecule has 190 valence electrons. The average Bonchev–Trinajstić information content (AvgIpc) is 3.26. The molecule has 2 heterocycles. The topological polar surface area (TPSA) is 47.8 Å². The third-order valence-electron chi connectivity index (χ3n) is 6.36. The van der Waals surface area contributed by atoms with Crippen molar-refractivity contribution in [3.63, 3.8) is 0 Å². The van der Waals surface area contributed by atoms with Crippen LogP contribution in [0.5, 0.6) is 0 Å². The van der Waals surface area contributed by atoms with Crippen LogP contribution in [0.15, 0.2) is 79.0 Å². The van der Waals surface area contributed by atoms with Crippen molar-refractivity contribution in [2.45, 2.75) is 46.5 Å². The molecule has 0 aliphatic heterocycles. The van der Waals surface area contributed by atoms with E-state index in [0.717, 1.165) is 28.8 Å². The number of carbonyl (C=O) groups is 2. The van der Waals surface area contributed by atoms with E-state index in [1.807, 2.05) is 72.1 Å². The molecular formula is C33H35NO3. The maximum Gasteiger partial charge on any atom is 0.305 e. The summed E-state index contributed by atoms with van der Waals surface area (Å²) in [5.74, 6) is 0.449. The second kappa shape index (κ2) is 12.4. The van der Waals surface area contributed by atoms with Gasteiger partial charge in [0.25, 0.3) is 0 Å². The van der Waals surface area contributed by atoms with Crippen LogP contribution in [0.4, 0.5) is 0 Å². The third kappa shape index (κ3) is 6.85. The van der Waals surface area contributed by atoms with Crippen molar-refractivity contribution in [2.24, 2.45) is 5.92 Å². The second-order valence-electron chi connectivity index (χ2n) is 9.79. The Kier molecular flexibility index (Phi) is 8.73. The molecule has 0 atom stereocenters. The van der Waals surface area contributed by atoms with Gasteiger partial charge < -0.3 is 9.14 Å². The number of esters is 1. The molecule has 0 saturated heterocycles. The smallest absolute Gasteiger partial charge is 0.305 e. The number of benzene rings is 2. The molecule has 0 aliphatic carbocycles. The number of pyridine rings is 1. The molecule has 0 fully saturated rings. The molecule has 0 radical (unpaired) electrons. The maximum atomic E-state index is 13.6. The maximum absolute atomic E-state index is 13.6. The predicted molar refractivity (Wildman–Crippen MR) is 151 cm³/mol. The number of aromatic nitrogens is 1. The summed E-state index contributed by atoms with van der Waals surface area (Å²) in [5, 5.41) is 0. The van der Waals surface area contributed by atoms with Crippen molar-refractivity contribution in [1.29, 1.82) is 0 Å². The summed E-state index contributed by atoms with van der Waals surface area (Å²) in [6, 6.07) is 24.2. The van der Waals surface area contributed by atoms with E-state index >= 15 is 0 Å². The number of carbonyl (C=O) groups excluding carboxylic acids is 2. The van der Waals surface area contributed by atoms with Gasteiger partial charge in [0.2, 0.25) is 0 Å². The quantitative estimate of drug-likeness (QED) is 0.124. The van der Waals surface area contributed by atoms with E-state index in [1.165, 1.54) is 5.56 Å². The summed E-state index contributed by atoms with van der Waals surface area (Å²) >= 11 is 0. The minimum atomic E-state index is -0.184. The fourth-order valence-electron chi connectivity index (χ4n) is 4.61. The van der Waals surface area contributed by atoms with E-state index in [-0.39, 0.29) is 11.8 Å². The summed E-state index contributed by atoms with van der Waals surface area (Å²) < 4.78 is 7.09. The SMILES string of the molecule is CCOC(=O)CCCc1cc(C(=O)c2cccc(C=Cc3ccc(CC(C)C)cc3)c2)c2ccccn12. The van der Waals surface area contributed by atoms with Crippen molar-refractivity contribution in [3.05, 3.63) is 113 Å². The highest BCUT2D eigenvalue weighted by Crippen LogP contribution is 2.23. The Morgan fingerprint density at radius 3 is 2.46 bits per heavy atom. The first-order valence-corrected chi connectivity index (χ1v) is 13.1. The van der Waals surface area contributed by atoms with Gasteiger partial charge in [-0.05, 0) is 73.1 Å². The Morgan fingerprint density at radius 1 is 0.919 bits per heavy atom. The lowest BCUT2D eigenvalue weighted by molar-refractivity contribution is -0.143. The number of hydrogen-bond donors (Lipinski definition) is 0.